The lowest BCUT2D eigenvalue weighted by Crippen LogP contribution is -2.13. The molecule has 0 aliphatic rings. The molecule has 94 valence electrons. The van der Waals surface area contributed by atoms with Crippen LogP contribution in [0.4, 0.5) is 4.39 Å². The predicted octanol–water partition coefficient (Wildman–Crippen LogP) is 2.21. The van der Waals surface area contributed by atoms with E-state index in [2.05, 4.69) is 15.0 Å². The van der Waals surface area contributed by atoms with Gasteiger partial charge < -0.3 is 5.73 Å². The number of aromatic nitrogens is 3. The van der Waals surface area contributed by atoms with Gasteiger partial charge in [0, 0.05) is 24.2 Å². The van der Waals surface area contributed by atoms with Crippen LogP contribution >= 0.6 is 0 Å². The van der Waals surface area contributed by atoms with Gasteiger partial charge in [-0.15, -0.1) is 0 Å². The lowest BCUT2D eigenvalue weighted by molar-refractivity contribution is 0.593. The lowest BCUT2D eigenvalue weighted by Gasteiger charge is -2.13. The Balaban J connectivity index is 2.07. The fourth-order valence-corrected chi connectivity index (χ4v) is 1.99. The second-order valence-electron chi connectivity index (χ2n) is 4.18. The van der Waals surface area contributed by atoms with E-state index in [-0.39, 0.29) is 0 Å². The van der Waals surface area contributed by atoms with Gasteiger partial charge in [-0.05, 0) is 23.8 Å². The number of halogens is 1. The number of fused-ring (bicyclic) bond motifs is 1. The largest absolute Gasteiger partial charge is 0.320 e. The monoisotopic (exact) mass is 254 g/mol. The van der Waals surface area contributed by atoms with Gasteiger partial charge in [-0.25, -0.2) is 4.39 Å². The molecule has 5 heteroatoms. The number of nitrogens with two attached hydrogens (primary N) is 1. The molecule has 19 heavy (non-hydrogen) atoms. The van der Waals surface area contributed by atoms with Crippen molar-refractivity contribution in [2.24, 2.45) is 5.73 Å². The summed E-state index contributed by atoms with van der Waals surface area (Å²) in [6, 6.07) is 6.53. The molecule has 0 saturated carbocycles. The van der Waals surface area contributed by atoms with Crippen molar-refractivity contribution in [3.05, 3.63) is 66.0 Å². The van der Waals surface area contributed by atoms with Crippen molar-refractivity contribution < 1.29 is 4.39 Å². The molecule has 0 amide bonds. The Morgan fingerprint density at radius 1 is 1.00 bits per heavy atom. The highest BCUT2D eigenvalue weighted by molar-refractivity contribution is 5.74. The van der Waals surface area contributed by atoms with Crippen molar-refractivity contribution in [1.29, 1.82) is 0 Å². The SMILES string of the molecule is NC(c1ccc2nccnc2c1)c1ccncc1F. The van der Waals surface area contributed by atoms with E-state index in [4.69, 9.17) is 5.73 Å². The Bertz CT molecular complexity index is 729. The normalized spacial score (nSPS) is 12.5. The van der Waals surface area contributed by atoms with E-state index >= 15 is 0 Å². The Hall–Kier alpha value is -2.40. The third-order valence-electron chi connectivity index (χ3n) is 2.99. The van der Waals surface area contributed by atoms with Crippen LogP contribution in [0.2, 0.25) is 0 Å². The van der Waals surface area contributed by atoms with Crippen molar-refractivity contribution in [2.75, 3.05) is 0 Å². The fourth-order valence-electron chi connectivity index (χ4n) is 1.99. The minimum atomic E-state index is -0.547. The fraction of sp³-hybridized carbons (Fsp3) is 0.0714. The van der Waals surface area contributed by atoms with Crippen LogP contribution in [0.25, 0.3) is 11.0 Å². The smallest absolute Gasteiger partial charge is 0.146 e. The first-order valence-corrected chi connectivity index (χ1v) is 5.81. The van der Waals surface area contributed by atoms with Crippen molar-refractivity contribution in [3.63, 3.8) is 0 Å². The van der Waals surface area contributed by atoms with E-state index < -0.39 is 11.9 Å². The summed E-state index contributed by atoms with van der Waals surface area (Å²) in [6.07, 6.45) is 5.93. The van der Waals surface area contributed by atoms with Gasteiger partial charge in [0.2, 0.25) is 0 Å². The molecule has 0 bridgehead atoms. The average Bonchev–Trinajstić information content (AvgIpc) is 2.46. The van der Waals surface area contributed by atoms with Gasteiger partial charge in [-0.2, -0.15) is 0 Å². The topological polar surface area (TPSA) is 64.7 Å². The van der Waals surface area contributed by atoms with E-state index in [9.17, 15) is 4.39 Å². The maximum atomic E-state index is 13.7. The minimum absolute atomic E-state index is 0.408. The Morgan fingerprint density at radius 2 is 1.79 bits per heavy atom. The maximum absolute atomic E-state index is 13.7. The number of benzene rings is 1. The zero-order valence-electron chi connectivity index (χ0n) is 9.99. The first-order chi connectivity index (χ1) is 9.25. The molecule has 0 aliphatic heterocycles. The van der Waals surface area contributed by atoms with E-state index in [1.807, 2.05) is 18.2 Å². The minimum Gasteiger partial charge on any atom is -0.320 e. The highest BCUT2D eigenvalue weighted by Gasteiger charge is 2.14. The molecule has 0 fully saturated rings. The summed E-state index contributed by atoms with van der Waals surface area (Å²) in [5.74, 6) is -0.408. The van der Waals surface area contributed by atoms with Crippen LogP contribution in [-0.2, 0) is 0 Å². The summed E-state index contributed by atoms with van der Waals surface area (Å²) < 4.78 is 13.7. The molecule has 0 spiro atoms. The molecule has 2 heterocycles. The van der Waals surface area contributed by atoms with Gasteiger partial charge in [0.15, 0.2) is 0 Å². The second kappa shape index (κ2) is 4.70. The third kappa shape index (κ3) is 2.15. The highest BCUT2D eigenvalue weighted by atomic mass is 19.1. The first-order valence-electron chi connectivity index (χ1n) is 5.81. The molecule has 0 radical (unpaired) electrons. The van der Waals surface area contributed by atoms with Crippen LogP contribution in [0.3, 0.4) is 0 Å². The molecule has 0 aliphatic carbocycles. The molecule has 1 unspecified atom stereocenters. The van der Waals surface area contributed by atoms with E-state index in [0.29, 0.717) is 5.56 Å². The Kier molecular flexibility index (Phi) is 2.89. The average molecular weight is 254 g/mol. The van der Waals surface area contributed by atoms with Gasteiger partial charge in [-0.3, -0.25) is 15.0 Å². The summed E-state index contributed by atoms with van der Waals surface area (Å²) in [5.41, 5.74) is 8.82. The van der Waals surface area contributed by atoms with Crippen LogP contribution in [0.15, 0.2) is 49.1 Å². The second-order valence-corrected chi connectivity index (χ2v) is 4.18. The number of nitrogens with zero attached hydrogens (tertiary/aromatic N) is 3. The van der Waals surface area contributed by atoms with Crippen molar-refractivity contribution in [1.82, 2.24) is 15.0 Å². The first kappa shape index (κ1) is 11.7. The lowest BCUT2D eigenvalue weighted by atomic mass is 10.00. The highest BCUT2D eigenvalue weighted by Crippen LogP contribution is 2.23. The van der Waals surface area contributed by atoms with Crippen molar-refractivity contribution >= 4 is 11.0 Å². The molecule has 3 aromatic rings. The zero-order chi connectivity index (χ0) is 13.2. The van der Waals surface area contributed by atoms with Crippen molar-refractivity contribution in [3.8, 4) is 0 Å². The van der Waals surface area contributed by atoms with E-state index in [0.717, 1.165) is 22.8 Å². The van der Waals surface area contributed by atoms with E-state index in [1.165, 1.54) is 6.20 Å². The summed E-state index contributed by atoms with van der Waals surface area (Å²) in [6.45, 7) is 0. The molecule has 2 N–H and O–H groups in total. The van der Waals surface area contributed by atoms with Gasteiger partial charge in [0.25, 0.3) is 0 Å². The molecule has 3 rings (SSSR count). The van der Waals surface area contributed by atoms with Gasteiger partial charge >= 0.3 is 0 Å². The maximum Gasteiger partial charge on any atom is 0.146 e. The Labute approximate surface area is 109 Å². The summed E-state index contributed by atoms with van der Waals surface area (Å²) in [4.78, 5) is 12.1. The summed E-state index contributed by atoms with van der Waals surface area (Å²) in [7, 11) is 0. The molecule has 1 aromatic carbocycles. The van der Waals surface area contributed by atoms with E-state index in [1.54, 1.807) is 18.5 Å². The van der Waals surface area contributed by atoms with Crippen molar-refractivity contribution in [2.45, 2.75) is 6.04 Å². The molecule has 4 nitrogen and oxygen atoms in total. The molecule has 2 aromatic heterocycles. The van der Waals surface area contributed by atoms with Gasteiger partial charge in [-0.1, -0.05) is 6.07 Å². The number of hydrogen-bond donors (Lipinski definition) is 1. The summed E-state index contributed by atoms with van der Waals surface area (Å²) >= 11 is 0. The molecular formula is C14H11FN4. The Morgan fingerprint density at radius 3 is 2.58 bits per heavy atom. The van der Waals surface area contributed by atoms with Gasteiger partial charge in [0.05, 0.1) is 23.3 Å². The van der Waals surface area contributed by atoms with Crippen LogP contribution < -0.4 is 5.73 Å². The zero-order valence-corrected chi connectivity index (χ0v) is 9.99. The number of hydrogen-bond acceptors (Lipinski definition) is 4. The molecule has 1 atom stereocenters. The number of pyridine rings is 1. The summed E-state index contributed by atoms with van der Waals surface area (Å²) in [5, 5.41) is 0. The molecular weight excluding hydrogens is 243 g/mol. The quantitative estimate of drug-likeness (QED) is 0.761. The third-order valence-corrected chi connectivity index (χ3v) is 2.99. The van der Waals surface area contributed by atoms with Crippen LogP contribution in [0, 0.1) is 5.82 Å². The standard InChI is InChI=1S/C14H11FN4/c15-11-8-17-4-3-10(11)14(16)9-1-2-12-13(7-9)19-6-5-18-12/h1-8,14H,16H2. The molecule has 0 saturated heterocycles. The van der Waals surface area contributed by atoms with Gasteiger partial charge in [0.1, 0.15) is 5.82 Å². The van der Waals surface area contributed by atoms with Crippen LogP contribution in [0.1, 0.15) is 17.2 Å². The van der Waals surface area contributed by atoms with Crippen LogP contribution in [0.5, 0.6) is 0 Å². The van der Waals surface area contributed by atoms with Crippen LogP contribution in [-0.4, -0.2) is 15.0 Å². The predicted molar refractivity (Wildman–Crippen MR) is 69.8 cm³/mol. The number of rotatable bonds is 2.